The van der Waals surface area contributed by atoms with Crippen LogP contribution in [-0.4, -0.2) is 23.9 Å². The summed E-state index contributed by atoms with van der Waals surface area (Å²) in [6, 6.07) is 0. The van der Waals surface area contributed by atoms with E-state index >= 15 is 0 Å². The van der Waals surface area contributed by atoms with E-state index in [1.807, 2.05) is 13.0 Å². The van der Waals surface area contributed by atoms with E-state index in [2.05, 4.69) is 23.7 Å². The molecule has 0 aromatic heterocycles. The lowest BCUT2D eigenvalue weighted by molar-refractivity contribution is 0.0466. The van der Waals surface area contributed by atoms with Crippen LogP contribution < -0.4 is 0 Å². The summed E-state index contributed by atoms with van der Waals surface area (Å²) < 4.78 is 5.51. The molecule has 0 bridgehead atoms. The van der Waals surface area contributed by atoms with Crippen LogP contribution in [0.1, 0.15) is 32.6 Å². The number of hydrogen-bond acceptors (Lipinski definition) is 2. The van der Waals surface area contributed by atoms with Crippen molar-refractivity contribution in [3.8, 4) is 23.7 Å². The van der Waals surface area contributed by atoms with Crippen LogP contribution in [0.3, 0.4) is 0 Å². The molecule has 1 aliphatic rings. The Morgan fingerprint density at radius 2 is 2.31 bits per heavy atom. The highest BCUT2D eigenvalue weighted by atomic mass is 16.5. The molecule has 0 aliphatic carbocycles. The molecule has 16 heavy (non-hydrogen) atoms. The Hall–Kier alpha value is -1.22. The highest BCUT2D eigenvalue weighted by molar-refractivity contribution is 5.31. The fourth-order valence-electron chi connectivity index (χ4n) is 1.37. The van der Waals surface area contributed by atoms with E-state index in [0.29, 0.717) is 6.42 Å². The van der Waals surface area contributed by atoms with Gasteiger partial charge in [0.15, 0.2) is 0 Å². The number of aliphatic hydroxyl groups excluding tert-OH is 1. The summed E-state index contributed by atoms with van der Waals surface area (Å²) in [4.78, 5) is 0. The van der Waals surface area contributed by atoms with Gasteiger partial charge in [-0.05, 0) is 49.7 Å². The standard InChI is InChI=1S/C14H18O2/c1-2-13(15)9-5-3-4-6-10-14-11-7-8-12-16-14/h6,10,13-15H,2,7-8,11-12H2,1H3/b10-6+/t13-,14-/m0/s1. The highest BCUT2D eigenvalue weighted by Crippen LogP contribution is 2.12. The van der Waals surface area contributed by atoms with Gasteiger partial charge < -0.3 is 9.84 Å². The fourth-order valence-corrected chi connectivity index (χ4v) is 1.37. The van der Waals surface area contributed by atoms with Crippen molar-refractivity contribution in [1.82, 2.24) is 0 Å². The van der Waals surface area contributed by atoms with Crippen LogP contribution in [0.4, 0.5) is 0 Å². The lowest BCUT2D eigenvalue weighted by Crippen LogP contribution is -2.15. The van der Waals surface area contributed by atoms with Crippen LogP contribution in [0.15, 0.2) is 12.2 Å². The Morgan fingerprint density at radius 1 is 1.44 bits per heavy atom. The van der Waals surface area contributed by atoms with Gasteiger partial charge >= 0.3 is 0 Å². The second kappa shape index (κ2) is 7.99. The molecule has 1 heterocycles. The third kappa shape index (κ3) is 5.61. The van der Waals surface area contributed by atoms with Gasteiger partial charge in [-0.3, -0.25) is 0 Å². The summed E-state index contributed by atoms with van der Waals surface area (Å²) in [5, 5.41) is 9.14. The maximum Gasteiger partial charge on any atom is 0.115 e. The van der Waals surface area contributed by atoms with Crippen molar-refractivity contribution < 1.29 is 9.84 Å². The number of aliphatic hydroxyl groups is 1. The minimum Gasteiger partial charge on any atom is -0.380 e. The Morgan fingerprint density at radius 3 is 3.00 bits per heavy atom. The van der Waals surface area contributed by atoms with E-state index < -0.39 is 6.10 Å². The maximum atomic E-state index is 9.14. The number of hydrogen-bond donors (Lipinski definition) is 1. The van der Waals surface area contributed by atoms with Gasteiger partial charge in [-0.1, -0.05) is 18.8 Å². The van der Waals surface area contributed by atoms with E-state index in [0.717, 1.165) is 19.4 Å². The molecule has 0 unspecified atom stereocenters. The second-order valence-corrected chi connectivity index (χ2v) is 3.73. The monoisotopic (exact) mass is 218 g/mol. The third-order valence-corrected chi connectivity index (χ3v) is 2.37. The van der Waals surface area contributed by atoms with Crippen LogP contribution in [0.25, 0.3) is 0 Å². The Bertz CT molecular complexity index is 329. The summed E-state index contributed by atoms with van der Waals surface area (Å²) in [7, 11) is 0. The third-order valence-electron chi connectivity index (χ3n) is 2.37. The van der Waals surface area contributed by atoms with Gasteiger partial charge in [0.05, 0.1) is 6.10 Å². The number of rotatable bonds is 2. The SMILES string of the molecule is CC[C@H](O)C#CC#C/C=C/[C@H]1CCCCO1. The smallest absolute Gasteiger partial charge is 0.115 e. The van der Waals surface area contributed by atoms with Crippen LogP contribution in [0.5, 0.6) is 0 Å². The van der Waals surface area contributed by atoms with E-state index in [4.69, 9.17) is 9.84 Å². The first kappa shape index (κ1) is 12.8. The number of ether oxygens (including phenoxy) is 1. The first-order valence-electron chi connectivity index (χ1n) is 5.80. The average Bonchev–Trinajstić information content (AvgIpc) is 2.34. The van der Waals surface area contributed by atoms with Gasteiger partial charge in [0.25, 0.3) is 0 Å². The number of allylic oxidation sites excluding steroid dienone is 1. The molecule has 2 heteroatoms. The molecular formula is C14H18O2. The molecule has 0 amide bonds. The molecule has 1 aliphatic heterocycles. The van der Waals surface area contributed by atoms with Crippen LogP contribution >= 0.6 is 0 Å². The first-order chi connectivity index (χ1) is 7.83. The van der Waals surface area contributed by atoms with Gasteiger partial charge in [-0.25, -0.2) is 0 Å². The molecule has 2 nitrogen and oxygen atoms in total. The maximum absolute atomic E-state index is 9.14. The average molecular weight is 218 g/mol. The second-order valence-electron chi connectivity index (χ2n) is 3.73. The molecular weight excluding hydrogens is 200 g/mol. The zero-order valence-electron chi connectivity index (χ0n) is 9.70. The van der Waals surface area contributed by atoms with E-state index in [1.54, 1.807) is 6.08 Å². The minimum atomic E-state index is -0.556. The molecule has 1 fully saturated rings. The van der Waals surface area contributed by atoms with Gasteiger partial charge in [-0.15, -0.1) is 0 Å². The van der Waals surface area contributed by atoms with Gasteiger partial charge in [0.1, 0.15) is 6.10 Å². The van der Waals surface area contributed by atoms with Crippen molar-refractivity contribution in [1.29, 1.82) is 0 Å². The lowest BCUT2D eigenvalue weighted by Gasteiger charge is -2.18. The van der Waals surface area contributed by atoms with Crippen LogP contribution in [0.2, 0.25) is 0 Å². The van der Waals surface area contributed by atoms with Gasteiger partial charge in [-0.2, -0.15) is 0 Å². The molecule has 0 saturated carbocycles. The Kier molecular flexibility index (Phi) is 6.42. The zero-order valence-corrected chi connectivity index (χ0v) is 9.70. The van der Waals surface area contributed by atoms with Gasteiger partial charge in [0, 0.05) is 6.61 Å². The van der Waals surface area contributed by atoms with Crippen molar-refractivity contribution in [2.24, 2.45) is 0 Å². The highest BCUT2D eigenvalue weighted by Gasteiger charge is 2.08. The molecule has 1 saturated heterocycles. The van der Waals surface area contributed by atoms with E-state index in [-0.39, 0.29) is 6.10 Å². The summed E-state index contributed by atoms with van der Waals surface area (Å²) >= 11 is 0. The van der Waals surface area contributed by atoms with Crippen molar-refractivity contribution >= 4 is 0 Å². The zero-order chi connectivity index (χ0) is 11.6. The summed E-state index contributed by atoms with van der Waals surface area (Å²) in [5.41, 5.74) is 0. The molecule has 1 N–H and O–H groups in total. The summed E-state index contributed by atoms with van der Waals surface area (Å²) in [5.74, 6) is 10.8. The van der Waals surface area contributed by atoms with Crippen molar-refractivity contribution in [2.75, 3.05) is 6.61 Å². The minimum absolute atomic E-state index is 0.220. The van der Waals surface area contributed by atoms with E-state index in [1.165, 1.54) is 6.42 Å². The molecule has 86 valence electrons. The lowest BCUT2D eigenvalue weighted by atomic mass is 10.1. The molecule has 0 spiro atoms. The van der Waals surface area contributed by atoms with E-state index in [9.17, 15) is 0 Å². The van der Waals surface area contributed by atoms with Crippen molar-refractivity contribution in [3.63, 3.8) is 0 Å². The molecule has 0 radical (unpaired) electrons. The van der Waals surface area contributed by atoms with Crippen molar-refractivity contribution in [3.05, 3.63) is 12.2 Å². The Balaban J connectivity index is 2.29. The van der Waals surface area contributed by atoms with Crippen molar-refractivity contribution in [2.45, 2.75) is 44.8 Å². The van der Waals surface area contributed by atoms with Gasteiger partial charge in [0.2, 0.25) is 0 Å². The fraction of sp³-hybridized carbons (Fsp3) is 0.571. The summed E-state index contributed by atoms with van der Waals surface area (Å²) in [6.07, 6.45) is 7.53. The normalized spacial score (nSPS) is 21.8. The van der Waals surface area contributed by atoms with Crippen LogP contribution in [0, 0.1) is 23.7 Å². The molecule has 2 atom stereocenters. The molecule has 1 rings (SSSR count). The molecule has 0 aromatic rings. The molecule has 0 aromatic carbocycles. The van der Waals surface area contributed by atoms with Crippen LogP contribution in [-0.2, 0) is 4.74 Å². The first-order valence-corrected chi connectivity index (χ1v) is 5.80. The predicted molar refractivity (Wildman–Crippen MR) is 64.6 cm³/mol. The Labute approximate surface area is 97.7 Å². The quantitative estimate of drug-likeness (QED) is 0.717. The summed E-state index contributed by atoms with van der Waals surface area (Å²) in [6.45, 7) is 2.73. The largest absolute Gasteiger partial charge is 0.380 e. The topological polar surface area (TPSA) is 29.5 Å². The predicted octanol–water partition coefficient (Wildman–Crippen LogP) is 1.89.